The Kier molecular flexibility index (Phi) is 9.27. The maximum atomic E-state index is 3.72. The van der Waals surface area contributed by atoms with Crippen LogP contribution in [-0.4, -0.2) is 48.0 Å². The molecule has 1 atom stereocenters. The molecule has 2 aromatic rings. The number of rotatable bonds is 13. The van der Waals surface area contributed by atoms with E-state index in [9.17, 15) is 0 Å². The van der Waals surface area contributed by atoms with Gasteiger partial charge in [0, 0.05) is 29.2 Å². The molecule has 1 heterocycles. The fourth-order valence-corrected chi connectivity index (χ4v) is 5.04. The highest BCUT2D eigenvalue weighted by Crippen LogP contribution is 2.31. The maximum absolute atomic E-state index is 3.72. The second-order valence-electron chi connectivity index (χ2n) is 9.72. The van der Waals surface area contributed by atoms with Gasteiger partial charge in [-0.25, -0.2) is 0 Å². The standard InChI is InChI=1S/C27H45N3/c1-5-7-9-11-17-30(18-12-10-8-6-2)21-22-13-15-26-24(19-22)25-20-23(29(3)4)14-16-27(25)28-26/h13,15,19,23,28H,5-12,14,16-18,20-21H2,1-4H3. The highest BCUT2D eigenvalue weighted by Gasteiger charge is 2.23. The zero-order chi connectivity index (χ0) is 21.3. The number of unbranched alkanes of at least 4 members (excludes halogenated alkanes) is 6. The predicted octanol–water partition coefficient (Wildman–Crippen LogP) is 6.55. The molecule has 0 saturated carbocycles. The number of hydrogen-bond donors (Lipinski definition) is 1. The van der Waals surface area contributed by atoms with Gasteiger partial charge < -0.3 is 9.88 Å². The average molecular weight is 412 g/mol. The van der Waals surface area contributed by atoms with Crippen LogP contribution in [-0.2, 0) is 19.4 Å². The van der Waals surface area contributed by atoms with Crippen LogP contribution in [0.3, 0.4) is 0 Å². The van der Waals surface area contributed by atoms with Gasteiger partial charge in [0.25, 0.3) is 0 Å². The molecule has 1 aliphatic carbocycles. The van der Waals surface area contributed by atoms with Crippen LogP contribution in [0, 0.1) is 0 Å². The van der Waals surface area contributed by atoms with Gasteiger partial charge in [0.15, 0.2) is 0 Å². The van der Waals surface area contributed by atoms with Crippen LogP contribution in [0.25, 0.3) is 10.9 Å². The molecule has 0 saturated heterocycles. The fraction of sp³-hybridized carbons (Fsp3) is 0.704. The molecule has 3 nitrogen and oxygen atoms in total. The molecule has 1 aromatic carbocycles. The van der Waals surface area contributed by atoms with Gasteiger partial charge in [-0.3, -0.25) is 4.90 Å². The average Bonchev–Trinajstić information content (AvgIpc) is 3.11. The van der Waals surface area contributed by atoms with Crippen molar-refractivity contribution in [1.29, 1.82) is 0 Å². The molecule has 0 fully saturated rings. The van der Waals surface area contributed by atoms with E-state index in [4.69, 9.17) is 0 Å². The number of aromatic amines is 1. The van der Waals surface area contributed by atoms with Crippen molar-refractivity contribution in [2.24, 2.45) is 0 Å². The topological polar surface area (TPSA) is 22.3 Å². The maximum Gasteiger partial charge on any atom is 0.0459 e. The van der Waals surface area contributed by atoms with E-state index in [1.165, 1.54) is 106 Å². The number of nitrogens with one attached hydrogen (secondary N) is 1. The number of aromatic nitrogens is 1. The molecule has 0 spiro atoms. The zero-order valence-electron chi connectivity index (χ0n) is 20.1. The van der Waals surface area contributed by atoms with Crippen molar-refractivity contribution in [2.75, 3.05) is 27.2 Å². The summed E-state index contributed by atoms with van der Waals surface area (Å²) in [6.07, 6.45) is 14.4. The molecule has 1 aromatic heterocycles. The highest BCUT2D eigenvalue weighted by molar-refractivity contribution is 5.85. The van der Waals surface area contributed by atoms with E-state index in [-0.39, 0.29) is 0 Å². The minimum Gasteiger partial charge on any atom is -0.358 e. The summed E-state index contributed by atoms with van der Waals surface area (Å²) in [6, 6.07) is 7.86. The number of hydrogen-bond acceptors (Lipinski definition) is 2. The predicted molar refractivity (Wildman–Crippen MR) is 131 cm³/mol. The van der Waals surface area contributed by atoms with Crippen LogP contribution in [0.2, 0.25) is 0 Å². The highest BCUT2D eigenvalue weighted by atomic mass is 15.1. The van der Waals surface area contributed by atoms with Gasteiger partial charge in [-0.05, 0) is 82.5 Å². The van der Waals surface area contributed by atoms with Crippen molar-refractivity contribution >= 4 is 10.9 Å². The molecule has 168 valence electrons. The van der Waals surface area contributed by atoms with E-state index in [2.05, 4.69) is 60.9 Å². The van der Waals surface area contributed by atoms with Gasteiger partial charge in [-0.1, -0.05) is 58.4 Å². The Hall–Kier alpha value is -1.32. The van der Waals surface area contributed by atoms with Gasteiger partial charge >= 0.3 is 0 Å². The summed E-state index contributed by atoms with van der Waals surface area (Å²) in [5.74, 6) is 0. The van der Waals surface area contributed by atoms with Crippen molar-refractivity contribution in [1.82, 2.24) is 14.8 Å². The van der Waals surface area contributed by atoms with Gasteiger partial charge in [0.1, 0.15) is 0 Å². The monoisotopic (exact) mass is 411 g/mol. The van der Waals surface area contributed by atoms with E-state index in [1.54, 1.807) is 5.56 Å². The Labute approximate surface area is 185 Å². The first-order valence-corrected chi connectivity index (χ1v) is 12.6. The Morgan fingerprint density at radius 2 is 1.63 bits per heavy atom. The first kappa shape index (κ1) is 23.3. The third kappa shape index (κ3) is 6.34. The summed E-state index contributed by atoms with van der Waals surface area (Å²) in [5.41, 5.74) is 5.88. The zero-order valence-corrected chi connectivity index (χ0v) is 20.1. The lowest BCUT2D eigenvalue weighted by atomic mass is 9.90. The molecular weight excluding hydrogens is 366 g/mol. The number of benzene rings is 1. The Bertz CT molecular complexity index is 749. The molecule has 30 heavy (non-hydrogen) atoms. The summed E-state index contributed by atoms with van der Waals surface area (Å²) < 4.78 is 0. The molecule has 0 amide bonds. The van der Waals surface area contributed by atoms with Crippen LogP contribution >= 0.6 is 0 Å². The van der Waals surface area contributed by atoms with Crippen molar-refractivity contribution in [3.05, 3.63) is 35.0 Å². The van der Waals surface area contributed by atoms with Gasteiger partial charge in [0.2, 0.25) is 0 Å². The lowest BCUT2D eigenvalue weighted by Gasteiger charge is -2.28. The number of fused-ring (bicyclic) bond motifs is 3. The lowest BCUT2D eigenvalue weighted by molar-refractivity contribution is 0.253. The van der Waals surface area contributed by atoms with Crippen LogP contribution < -0.4 is 0 Å². The second kappa shape index (κ2) is 11.9. The SMILES string of the molecule is CCCCCCN(CCCCCC)Cc1ccc2[nH]c3c(c2c1)CC(N(C)C)CC3. The van der Waals surface area contributed by atoms with Gasteiger partial charge in [-0.2, -0.15) is 0 Å². The van der Waals surface area contributed by atoms with Crippen molar-refractivity contribution in [2.45, 2.75) is 97.1 Å². The normalized spacial score (nSPS) is 16.7. The third-order valence-electron chi connectivity index (χ3n) is 7.02. The van der Waals surface area contributed by atoms with Crippen LogP contribution in [0.15, 0.2) is 18.2 Å². The largest absolute Gasteiger partial charge is 0.358 e. The number of aryl methyl sites for hydroxylation is 1. The molecule has 1 aliphatic rings. The Balaban J connectivity index is 1.70. The minimum absolute atomic E-state index is 0.675. The van der Waals surface area contributed by atoms with E-state index in [0.717, 1.165) is 6.54 Å². The van der Waals surface area contributed by atoms with Crippen molar-refractivity contribution in [3.8, 4) is 0 Å². The van der Waals surface area contributed by atoms with Crippen LogP contribution in [0.4, 0.5) is 0 Å². The molecule has 3 heteroatoms. The molecule has 0 radical (unpaired) electrons. The Morgan fingerprint density at radius 1 is 0.933 bits per heavy atom. The summed E-state index contributed by atoms with van der Waals surface area (Å²) >= 11 is 0. The van der Waals surface area contributed by atoms with E-state index in [1.807, 2.05) is 0 Å². The first-order chi connectivity index (χ1) is 14.6. The molecule has 1 N–H and O–H groups in total. The minimum atomic E-state index is 0.675. The molecular formula is C27H45N3. The summed E-state index contributed by atoms with van der Waals surface area (Å²) in [6.45, 7) is 8.20. The molecule has 0 bridgehead atoms. The smallest absolute Gasteiger partial charge is 0.0459 e. The second-order valence-corrected chi connectivity index (χ2v) is 9.72. The van der Waals surface area contributed by atoms with Crippen LogP contribution in [0.1, 0.15) is 88.5 Å². The first-order valence-electron chi connectivity index (χ1n) is 12.6. The number of H-pyrrole nitrogens is 1. The van der Waals surface area contributed by atoms with E-state index >= 15 is 0 Å². The number of nitrogens with zero attached hydrogens (tertiary/aromatic N) is 2. The summed E-state index contributed by atoms with van der Waals surface area (Å²) in [5, 5.41) is 1.48. The molecule has 0 aliphatic heterocycles. The molecule has 1 unspecified atom stereocenters. The van der Waals surface area contributed by atoms with E-state index < -0.39 is 0 Å². The fourth-order valence-electron chi connectivity index (χ4n) is 5.04. The summed E-state index contributed by atoms with van der Waals surface area (Å²) in [4.78, 5) is 8.84. The molecule has 3 rings (SSSR count). The van der Waals surface area contributed by atoms with Gasteiger partial charge in [-0.15, -0.1) is 0 Å². The lowest BCUT2D eigenvalue weighted by Crippen LogP contribution is -2.33. The third-order valence-corrected chi connectivity index (χ3v) is 7.02. The van der Waals surface area contributed by atoms with E-state index in [0.29, 0.717) is 6.04 Å². The van der Waals surface area contributed by atoms with Crippen LogP contribution in [0.5, 0.6) is 0 Å². The van der Waals surface area contributed by atoms with Gasteiger partial charge in [0.05, 0.1) is 0 Å². The Morgan fingerprint density at radius 3 is 2.27 bits per heavy atom. The quantitative estimate of drug-likeness (QED) is 0.378. The number of likely N-dealkylation sites (N-methyl/N-ethyl adjacent to an activating group) is 1. The van der Waals surface area contributed by atoms with Crippen molar-refractivity contribution < 1.29 is 0 Å². The van der Waals surface area contributed by atoms with Crippen molar-refractivity contribution in [3.63, 3.8) is 0 Å². The summed E-state index contributed by atoms with van der Waals surface area (Å²) in [7, 11) is 4.45.